The number of allylic oxidation sites excluding steroid dienone is 1. The number of sulfone groups is 1. The SMILES string of the molecule is CCCC(O)c1cc(OC(F)(F)F)cc(S(=O)(=O)C=C2CCCCC2)c1. The zero-order valence-corrected chi connectivity index (χ0v) is 15.4. The standard InChI is InChI=1S/C18H23F3O4S/c1-2-6-17(22)14-9-15(25-18(19,20)21)11-16(10-14)26(23,24)12-13-7-4-3-5-8-13/h9-12,17,22H,2-8H2,1H3. The summed E-state index contributed by atoms with van der Waals surface area (Å²) in [5.74, 6) is -0.647. The molecule has 1 aromatic carbocycles. The van der Waals surface area contributed by atoms with Crippen LogP contribution in [0.5, 0.6) is 5.75 Å². The van der Waals surface area contributed by atoms with Gasteiger partial charge >= 0.3 is 6.36 Å². The van der Waals surface area contributed by atoms with E-state index in [1.54, 1.807) is 0 Å². The van der Waals surface area contributed by atoms with Crippen LogP contribution in [0.15, 0.2) is 34.1 Å². The van der Waals surface area contributed by atoms with Gasteiger partial charge in [-0.15, -0.1) is 13.2 Å². The zero-order chi connectivity index (χ0) is 19.4. The summed E-state index contributed by atoms with van der Waals surface area (Å²) in [6.07, 6.45) is -0.928. The third-order valence-electron chi connectivity index (χ3n) is 4.23. The Hall–Kier alpha value is -1.54. The van der Waals surface area contributed by atoms with Gasteiger partial charge in [0.05, 0.1) is 11.0 Å². The van der Waals surface area contributed by atoms with E-state index in [1.165, 1.54) is 6.07 Å². The van der Waals surface area contributed by atoms with E-state index in [-0.39, 0.29) is 10.5 Å². The molecule has 0 radical (unpaired) electrons. The number of aliphatic hydroxyl groups is 1. The molecule has 2 rings (SSSR count). The van der Waals surface area contributed by atoms with E-state index < -0.39 is 28.1 Å². The molecule has 0 heterocycles. The lowest BCUT2D eigenvalue weighted by molar-refractivity contribution is -0.274. The minimum Gasteiger partial charge on any atom is -0.406 e. The van der Waals surface area contributed by atoms with Gasteiger partial charge in [-0.1, -0.05) is 25.3 Å². The van der Waals surface area contributed by atoms with Crippen molar-refractivity contribution < 1.29 is 31.4 Å². The molecule has 1 N–H and O–H groups in total. The fraction of sp³-hybridized carbons (Fsp3) is 0.556. The summed E-state index contributed by atoms with van der Waals surface area (Å²) in [7, 11) is -3.93. The van der Waals surface area contributed by atoms with Crippen molar-refractivity contribution in [2.24, 2.45) is 0 Å². The van der Waals surface area contributed by atoms with Gasteiger partial charge in [0.25, 0.3) is 0 Å². The molecular weight excluding hydrogens is 369 g/mol. The number of hydrogen-bond acceptors (Lipinski definition) is 4. The maximum atomic E-state index is 12.7. The Kier molecular flexibility index (Phi) is 6.74. The van der Waals surface area contributed by atoms with Crippen molar-refractivity contribution in [1.29, 1.82) is 0 Å². The first-order valence-corrected chi connectivity index (χ1v) is 10.2. The fourth-order valence-electron chi connectivity index (χ4n) is 2.99. The Labute approximate surface area is 151 Å². The monoisotopic (exact) mass is 392 g/mol. The van der Waals surface area contributed by atoms with E-state index in [4.69, 9.17) is 0 Å². The lowest BCUT2D eigenvalue weighted by Gasteiger charge is -2.16. The second kappa shape index (κ2) is 8.43. The van der Waals surface area contributed by atoms with Crippen molar-refractivity contribution >= 4 is 9.84 Å². The zero-order valence-electron chi connectivity index (χ0n) is 14.6. The summed E-state index contributed by atoms with van der Waals surface area (Å²) in [4.78, 5) is -0.303. The number of ether oxygens (including phenoxy) is 1. The van der Waals surface area contributed by atoms with Gasteiger partial charge < -0.3 is 9.84 Å². The van der Waals surface area contributed by atoms with E-state index in [1.807, 2.05) is 6.92 Å². The molecule has 1 aliphatic carbocycles. The number of hydrogen-bond donors (Lipinski definition) is 1. The Morgan fingerprint density at radius 3 is 2.42 bits per heavy atom. The number of benzene rings is 1. The van der Waals surface area contributed by atoms with Crippen molar-refractivity contribution in [2.75, 3.05) is 0 Å². The van der Waals surface area contributed by atoms with Crippen molar-refractivity contribution in [3.05, 3.63) is 34.7 Å². The molecule has 0 bridgehead atoms. The summed E-state index contributed by atoms with van der Waals surface area (Å²) < 4.78 is 66.9. The Morgan fingerprint density at radius 1 is 1.19 bits per heavy atom. The average Bonchev–Trinajstić information content (AvgIpc) is 2.53. The Morgan fingerprint density at radius 2 is 1.85 bits per heavy atom. The number of alkyl halides is 3. The third kappa shape index (κ3) is 6.02. The maximum Gasteiger partial charge on any atom is 0.573 e. The van der Waals surface area contributed by atoms with Gasteiger partial charge in [-0.2, -0.15) is 0 Å². The smallest absolute Gasteiger partial charge is 0.406 e. The Balaban J connectivity index is 2.44. The molecule has 26 heavy (non-hydrogen) atoms. The third-order valence-corrected chi connectivity index (χ3v) is 5.77. The summed E-state index contributed by atoms with van der Waals surface area (Å²) in [6.45, 7) is 1.81. The molecule has 4 nitrogen and oxygen atoms in total. The summed E-state index contributed by atoms with van der Waals surface area (Å²) in [5, 5.41) is 11.3. The minimum atomic E-state index is -4.95. The van der Waals surface area contributed by atoms with Gasteiger partial charge in [-0.3, -0.25) is 0 Å². The first kappa shape index (κ1) is 20.8. The predicted molar refractivity (Wildman–Crippen MR) is 91.3 cm³/mol. The van der Waals surface area contributed by atoms with Gasteiger partial charge in [0, 0.05) is 5.41 Å². The lowest BCUT2D eigenvalue weighted by Crippen LogP contribution is -2.17. The molecule has 0 aromatic heterocycles. The largest absolute Gasteiger partial charge is 0.573 e. The van der Waals surface area contributed by atoms with Crippen LogP contribution in [0.2, 0.25) is 0 Å². The van der Waals surface area contributed by atoms with Crippen LogP contribution in [-0.4, -0.2) is 19.9 Å². The minimum absolute atomic E-state index is 0.0919. The highest BCUT2D eigenvalue weighted by atomic mass is 32.2. The van der Waals surface area contributed by atoms with Crippen molar-refractivity contribution in [3.8, 4) is 5.75 Å². The second-order valence-corrected chi connectivity index (χ2v) is 8.27. The molecule has 1 unspecified atom stereocenters. The molecule has 146 valence electrons. The van der Waals surface area contributed by atoms with Gasteiger partial charge in [0.1, 0.15) is 5.75 Å². The van der Waals surface area contributed by atoms with Crippen molar-refractivity contribution in [1.82, 2.24) is 0 Å². The highest BCUT2D eigenvalue weighted by molar-refractivity contribution is 7.94. The molecule has 1 aromatic rings. The number of rotatable bonds is 6. The number of halogens is 3. The lowest BCUT2D eigenvalue weighted by atomic mass is 9.96. The van der Waals surface area contributed by atoms with Crippen molar-refractivity contribution in [2.45, 2.75) is 69.2 Å². The average molecular weight is 392 g/mol. The van der Waals surface area contributed by atoms with Crippen LogP contribution in [0.1, 0.15) is 63.5 Å². The first-order valence-electron chi connectivity index (χ1n) is 8.64. The Bertz CT molecular complexity index is 746. The van der Waals surface area contributed by atoms with Crippen molar-refractivity contribution in [3.63, 3.8) is 0 Å². The van der Waals surface area contributed by atoms with Gasteiger partial charge in [-0.05, 0) is 55.9 Å². The normalized spacial score (nSPS) is 17.0. The fourth-order valence-corrected chi connectivity index (χ4v) is 4.39. The van der Waals surface area contributed by atoms with Crippen LogP contribution in [0, 0.1) is 0 Å². The highest BCUT2D eigenvalue weighted by Crippen LogP contribution is 2.32. The van der Waals surface area contributed by atoms with Crippen LogP contribution in [0.25, 0.3) is 0 Å². The molecule has 1 aliphatic rings. The molecule has 0 spiro atoms. The predicted octanol–water partition coefficient (Wildman–Crippen LogP) is 5.04. The second-order valence-electron chi connectivity index (χ2n) is 6.47. The van der Waals surface area contributed by atoms with Crippen LogP contribution in [0.3, 0.4) is 0 Å². The van der Waals surface area contributed by atoms with Crippen LogP contribution in [-0.2, 0) is 9.84 Å². The molecule has 1 saturated carbocycles. The molecule has 0 saturated heterocycles. The highest BCUT2D eigenvalue weighted by Gasteiger charge is 2.32. The molecule has 1 fully saturated rings. The van der Waals surface area contributed by atoms with E-state index >= 15 is 0 Å². The molecular formula is C18H23F3O4S. The first-order chi connectivity index (χ1) is 12.1. The van der Waals surface area contributed by atoms with E-state index in [0.717, 1.165) is 42.4 Å². The quantitative estimate of drug-likeness (QED) is 0.737. The number of aliphatic hydroxyl groups excluding tert-OH is 1. The molecule has 0 aliphatic heterocycles. The molecule has 8 heteroatoms. The molecule has 0 amide bonds. The summed E-state index contributed by atoms with van der Waals surface area (Å²) >= 11 is 0. The van der Waals surface area contributed by atoms with E-state index in [9.17, 15) is 26.7 Å². The van der Waals surface area contributed by atoms with Crippen LogP contribution in [0.4, 0.5) is 13.2 Å². The molecule has 1 atom stereocenters. The van der Waals surface area contributed by atoms with E-state index in [0.29, 0.717) is 25.7 Å². The van der Waals surface area contributed by atoms with Crippen LogP contribution >= 0.6 is 0 Å². The van der Waals surface area contributed by atoms with Gasteiger partial charge in [-0.25, -0.2) is 8.42 Å². The summed E-state index contributed by atoms with van der Waals surface area (Å²) in [5.41, 5.74) is 0.864. The van der Waals surface area contributed by atoms with Gasteiger partial charge in [0.2, 0.25) is 0 Å². The summed E-state index contributed by atoms with van der Waals surface area (Å²) in [6, 6.07) is 3.10. The van der Waals surface area contributed by atoms with Crippen LogP contribution < -0.4 is 4.74 Å². The van der Waals surface area contributed by atoms with Gasteiger partial charge in [0.15, 0.2) is 9.84 Å². The topological polar surface area (TPSA) is 63.6 Å². The van der Waals surface area contributed by atoms with E-state index in [2.05, 4.69) is 4.74 Å². The maximum absolute atomic E-state index is 12.7.